The molecule has 8 heteroatoms. The molecule has 0 bridgehead atoms. The molecule has 3 N–H and O–H groups in total. The van der Waals surface area contributed by atoms with Crippen LogP contribution in [0, 0.1) is 0 Å². The molecule has 1 aliphatic heterocycles. The summed E-state index contributed by atoms with van der Waals surface area (Å²) in [6.07, 6.45) is 5.66. The van der Waals surface area contributed by atoms with Crippen LogP contribution in [0.15, 0.2) is 12.5 Å². The monoisotopic (exact) mass is 312 g/mol. The smallest absolute Gasteiger partial charge is 0.327 e. The highest BCUT2D eigenvalue weighted by molar-refractivity contribution is 8.00. The van der Waals surface area contributed by atoms with E-state index in [2.05, 4.69) is 15.3 Å². The number of carboxylic acid groups (broad SMARTS) is 1. The van der Waals surface area contributed by atoms with E-state index in [4.69, 9.17) is 0 Å². The number of thioether (sulfide) groups is 1. The summed E-state index contributed by atoms with van der Waals surface area (Å²) in [6, 6.07) is -1.04. The average Bonchev–Trinajstić information content (AvgIpc) is 3.08. The van der Waals surface area contributed by atoms with E-state index in [1.54, 1.807) is 12.5 Å². The lowest BCUT2D eigenvalue weighted by Crippen LogP contribution is -2.50. The van der Waals surface area contributed by atoms with E-state index in [0.29, 0.717) is 18.7 Å². The molecular weight excluding hydrogens is 292 g/mol. The number of urea groups is 1. The van der Waals surface area contributed by atoms with Crippen LogP contribution < -0.4 is 5.32 Å². The Balaban J connectivity index is 1.91. The van der Waals surface area contributed by atoms with E-state index in [-0.39, 0.29) is 11.4 Å². The van der Waals surface area contributed by atoms with Gasteiger partial charge in [-0.2, -0.15) is 0 Å². The molecule has 0 radical (unpaired) electrons. The number of carbonyl (C=O) groups excluding carboxylic acids is 1. The molecule has 1 aromatic heterocycles. The number of aliphatic carboxylic acids is 1. The first-order valence-electron chi connectivity index (χ1n) is 7.01. The lowest BCUT2D eigenvalue weighted by molar-refractivity contribution is -0.141. The SMILES string of the molecule is CCCC1SCC(C(=O)O)N1C(=O)NCCc1cnc[nH]1. The molecule has 2 heterocycles. The van der Waals surface area contributed by atoms with Crippen LogP contribution in [-0.2, 0) is 11.2 Å². The maximum atomic E-state index is 12.3. The Hall–Kier alpha value is -1.70. The van der Waals surface area contributed by atoms with Crippen molar-refractivity contribution in [3.8, 4) is 0 Å². The maximum absolute atomic E-state index is 12.3. The predicted octanol–water partition coefficient (Wildman–Crippen LogP) is 1.29. The van der Waals surface area contributed by atoms with Gasteiger partial charge in [0.2, 0.25) is 0 Å². The van der Waals surface area contributed by atoms with Gasteiger partial charge in [0.15, 0.2) is 0 Å². The molecule has 0 aromatic carbocycles. The lowest BCUT2D eigenvalue weighted by atomic mass is 10.2. The second kappa shape index (κ2) is 7.35. The van der Waals surface area contributed by atoms with Gasteiger partial charge < -0.3 is 15.4 Å². The van der Waals surface area contributed by atoms with Crippen LogP contribution >= 0.6 is 11.8 Å². The number of aromatic amines is 1. The molecule has 0 saturated carbocycles. The Morgan fingerprint density at radius 3 is 3.05 bits per heavy atom. The largest absolute Gasteiger partial charge is 0.480 e. The first-order valence-corrected chi connectivity index (χ1v) is 8.06. The first-order chi connectivity index (χ1) is 10.1. The third kappa shape index (κ3) is 3.90. The summed E-state index contributed by atoms with van der Waals surface area (Å²) < 4.78 is 0. The fourth-order valence-electron chi connectivity index (χ4n) is 2.31. The van der Waals surface area contributed by atoms with Gasteiger partial charge in [-0.05, 0) is 6.42 Å². The Labute approximate surface area is 127 Å². The highest BCUT2D eigenvalue weighted by atomic mass is 32.2. The van der Waals surface area contributed by atoms with Crippen molar-refractivity contribution in [2.75, 3.05) is 12.3 Å². The summed E-state index contributed by atoms with van der Waals surface area (Å²) in [5.74, 6) is -0.488. The number of hydrogen-bond donors (Lipinski definition) is 3. The van der Waals surface area contributed by atoms with E-state index in [1.807, 2.05) is 6.92 Å². The van der Waals surface area contributed by atoms with Crippen LogP contribution in [0.4, 0.5) is 4.79 Å². The normalized spacial score (nSPS) is 21.5. The molecule has 2 unspecified atom stereocenters. The molecule has 0 spiro atoms. The van der Waals surface area contributed by atoms with Crippen molar-refractivity contribution in [3.05, 3.63) is 18.2 Å². The second-order valence-corrected chi connectivity index (χ2v) is 6.11. The van der Waals surface area contributed by atoms with Crippen LogP contribution in [0.3, 0.4) is 0 Å². The van der Waals surface area contributed by atoms with Crippen molar-refractivity contribution in [1.82, 2.24) is 20.2 Å². The number of aromatic nitrogens is 2. The first kappa shape index (κ1) is 15.7. The minimum atomic E-state index is -0.940. The molecule has 1 aromatic rings. The van der Waals surface area contributed by atoms with Crippen molar-refractivity contribution in [2.45, 2.75) is 37.6 Å². The summed E-state index contributed by atoms with van der Waals surface area (Å²) in [6.45, 7) is 2.48. The number of rotatable bonds is 6. The molecule has 21 heavy (non-hydrogen) atoms. The summed E-state index contributed by atoms with van der Waals surface area (Å²) >= 11 is 1.54. The number of imidazole rings is 1. The molecule has 2 amide bonds. The summed E-state index contributed by atoms with van der Waals surface area (Å²) in [5, 5.41) is 12.0. The second-order valence-electron chi connectivity index (χ2n) is 4.90. The molecule has 1 saturated heterocycles. The highest BCUT2D eigenvalue weighted by Gasteiger charge is 2.41. The Kier molecular flexibility index (Phi) is 5.49. The van der Waals surface area contributed by atoms with Crippen molar-refractivity contribution in [2.24, 2.45) is 0 Å². The zero-order valence-corrected chi connectivity index (χ0v) is 12.7. The minimum absolute atomic E-state index is 0.0525. The number of carboxylic acids is 1. The molecule has 7 nitrogen and oxygen atoms in total. The van der Waals surface area contributed by atoms with E-state index < -0.39 is 12.0 Å². The fraction of sp³-hybridized carbons (Fsp3) is 0.615. The number of H-pyrrole nitrogens is 1. The number of carbonyl (C=O) groups is 2. The summed E-state index contributed by atoms with van der Waals surface area (Å²) in [5.41, 5.74) is 0.936. The van der Waals surface area contributed by atoms with Gasteiger partial charge in [-0.3, -0.25) is 4.90 Å². The van der Waals surface area contributed by atoms with Crippen molar-refractivity contribution in [3.63, 3.8) is 0 Å². The molecule has 0 aliphatic carbocycles. The Morgan fingerprint density at radius 2 is 2.43 bits per heavy atom. The van der Waals surface area contributed by atoms with Gasteiger partial charge in [0.05, 0.1) is 11.7 Å². The number of hydrogen-bond acceptors (Lipinski definition) is 4. The molecule has 1 fully saturated rings. The molecule has 2 atom stereocenters. The zero-order chi connectivity index (χ0) is 15.2. The highest BCUT2D eigenvalue weighted by Crippen LogP contribution is 2.32. The predicted molar refractivity (Wildman–Crippen MR) is 80.1 cm³/mol. The van der Waals surface area contributed by atoms with Crippen molar-refractivity contribution < 1.29 is 14.7 Å². The Morgan fingerprint density at radius 1 is 1.62 bits per heavy atom. The number of amides is 2. The van der Waals surface area contributed by atoms with Crippen LogP contribution in [0.1, 0.15) is 25.5 Å². The van der Waals surface area contributed by atoms with Crippen LogP contribution in [0.25, 0.3) is 0 Å². The van der Waals surface area contributed by atoms with E-state index in [0.717, 1.165) is 18.5 Å². The van der Waals surface area contributed by atoms with Gasteiger partial charge in [0.25, 0.3) is 0 Å². The molecule has 2 rings (SSSR count). The van der Waals surface area contributed by atoms with Gasteiger partial charge in [-0.15, -0.1) is 11.8 Å². The third-order valence-corrected chi connectivity index (χ3v) is 4.73. The van der Waals surface area contributed by atoms with Gasteiger partial charge in [-0.1, -0.05) is 13.3 Å². The molecular formula is C13H20N4O3S. The number of nitrogens with one attached hydrogen (secondary N) is 2. The summed E-state index contributed by atoms with van der Waals surface area (Å²) in [4.78, 5) is 31.9. The van der Waals surface area contributed by atoms with Crippen molar-refractivity contribution >= 4 is 23.8 Å². The number of nitrogens with zero attached hydrogens (tertiary/aromatic N) is 2. The van der Waals surface area contributed by atoms with Crippen molar-refractivity contribution in [1.29, 1.82) is 0 Å². The Bertz CT molecular complexity index is 480. The topological polar surface area (TPSA) is 98.3 Å². The quantitative estimate of drug-likeness (QED) is 0.735. The van der Waals surface area contributed by atoms with E-state index in [9.17, 15) is 14.7 Å². The van der Waals surface area contributed by atoms with Crippen LogP contribution in [-0.4, -0.2) is 55.7 Å². The zero-order valence-electron chi connectivity index (χ0n) is 11.9. The van der Waals surface area contributed by atoms with Gasteiger partial charge in [0, 0.05) is 30.6 Å². The van der Waals surface area contributed by atoms with Gasteiger partial charge >= 0.3 is 12.0 Å². The van der Waals surface area contributed by atoms with E-state index >= 15 is 0 Å². The van der Waals surface area contributed by atoms with E-state index in [1.165, 1.54) is 16.7 Å². The van der Waals surface area contributed by atoms with Crippen LogP contribution in [0.2, 0.25) is 0 Å². The maximum Gasteiger partial charge on any atom is 0.327 e. The fourth-order valence-corrected chi connectivity index (χ4v) is 3.83. The van der Waals surface area contributed by atoms with Crippen LogP contribution in [0.5, 0.6) is 0 Å². The van der Waals surface area contributed by atoms with Gasteiger partial charge in [-0.25, -0.2) is 14.6 Å². The standard InChI is InChI=1S/C13H20N4O3S/c1-2-3-11-17(10(7-21-11)12(18)19)13(20)15-5-4-9-6-14-8-16-9/h6,8,10-11H,2-5,7H2,1H3,(H,14,16)(H,15,20)(H,18,19). The molecule has 1 aliphatic rings. The minimum Gasteiger partial charge on any atom is -0.480 e. The molecule has 116 valence electrons. The summed E-state index contributed by atoms with van der Waals surface area (Å²) in [7, 11) is 0. The van der Waals surface area contributed by atoms with Gasteiger partial charge in [0.1, 0.15) is 6.04 Å². The third-order valence-electron chi connectivity index (χ3n) is 3.37. The lowest BCUT2D eigenvalue weighted by Gasteiger charge is -2.27. The average molecular weight is 312 g/mol.